The number of carbonyl (C=O) groups is 2. The molecule has 0 aliphatic heterocycles. The third-order valence-corrected chi connectivity index (χ3v) is 4.02. The topological polar surface area (TPSA) is 55.4 Å². The summed E-state index contributed by atoms with van der Waals surface area (Å²) in [5.74, 6) is -3.70. The molecule has 28 heavy (non-hydrogen) atoms. The lowest BCUT2D eigenvalue weighted by Gasteiger charge is -2.12. The predicted molar refractivity (Wildman–Crippen MR) is 97.6 cm³/mol. The summed E-state index contributed by atoms with van der Waals surface area (Å²) in [6.45, 7) is 1.86. The molecule has 0 bridgehead atoms. The molecule has 0 heterocycles. The van der Waals surface area contributed by atoms with E-state index in [1.807, 2.05) is 0 Å². The highest BCUT2D eigenvalue weighted by atomic mass is 19.1. The molecular weight excluding hydrogens is 371 g/mol. The largest absolute Gasteiger partial charge is 0.428 e. The van der Waals surface area contributed by atoms with E-state index in [0.717, 1.165) is 17.7 Å². The number of benzene rings is 3. The number of anilines is 1. The molecule has 0 aromatic heterocycles. The molecule has 142 valence electrons. The van der Waals surface area contributed by atoms with Gasteiger partial charge in [0.2, 0.25) is 0 Å². The van der Waals surface area contributed by atoms with Gasteiger partial charge in [0.1, 0.15) is 28.9 Å². The smallest absolute Gasteiger partial charge is 0.298 e. The summed E-state index contributed by atoms with van der Waals surface area (Å²) in [6.07, 6.45) is 0. The third-order valence-electron chi connectivity index (χ3n) is 4.02. The molecule has 0 aliphatic carbocycles. The van der Waals surface area contributed by atoms with Gasteiger partial charge in [-0.1, -0.05) is 23.8 Å². The van der Waals surface area contributed by atoms with Crippen molar-refractivity contribution in [2.75, 3.05) is 5.32 Å². The number of amides is 1. The monoisotopic (exact) mass is 385 g/mol. The minimum atomic E-state index is -1.07. The minimum absolute atomic E-state index is 0.00103. The molecular formula is C21H14F3NO3. The molecule has 0 atom stereocenters. The van der Waals surface area contributed by atoms with Gasteiger partial charge in [-0.2, -0.15) is 0 Å². The summed E-state index contributed by atoms with van der Waals surface area (Å²) in [4.78, 5) is 22.9. The number of para-hydroxylation sites is 1. The van der Waals surface area contributed by atoms with Crippen LogP contribution < -0.4 is 10.1 Å². The van der Waals surface area contributed by atoms with Crippen molar-refractivity contribution in [3.05, 3.63) is 83.2 Å². The number of aryl methyl sites for hydroxylation is 1. The van der Waals surface area contributed by atoms with E-state index in [4.69, 9.17) is 0 Å². The van der Waals surface area contributed by atoms with Crippen LogP contribution in [0.25, 0.3) is 11.1 Å². The van der Waals surface area contributed by atoms with Crippen LogP contribution in [-0.4, -0.2) is 12.4 Å². The van der Waals surface area contributed by atoms with Crippen LogP contribution in [0.5, 0.6) is 5.75 Å². The van der Waals surface area contributed by atoms with Crippen molar-refractivity contribution >= 4 is 18.1 Å². The molecule has 3 aromatic carbocycles. The number of hydrogen-bond acceptors (Lipinski definition) is 3. The summed E-state index contributed by atoms with van der Waals surface area (Å²) in [5, 5.41) is 2.12. The number of rotatable bonds is 5. The van der Waals surface area contributed by atoms with Gasteiger partial charge in [-0.3, -0.25) is 9.59 Å². The summed E-state index contributed by atoms with van der Waals surface area (Å²) in [5.41, 5.74) is -0.00871. The van der Waals surface area contributed by atoms with Gasteiger partial charge in [0, 0.05) is 5.56 Å². The molecule has 0 saturated heterocycles. The molecule has 0 saturated carbocycles. The van der Waals surface area contributed by atoms with Gasteiger partial charge >= 0.3 is 0 Å². The third kappa shape index (κ3) is 3.88. The average Bonchev–Trinajstić information content (AvgIpc) is 2.67. The van der Waals surface area contributed by atoms with Crippen LogP contribution in [0.2, 0.25) is 0 Å². The van der Waals surface area contributed by atoms with Gasteiger partial charge in [0.25, 0.3) is 12.4 Å². The van der Waals surface area contributed by atoms with Crippen molar-refractivity contribution in [2.45, 2.75) is 6.92 Å². The number of carbonyl (C=O) groups excluding carboxylic acids is 2. The first-order valence-electron chi connectivity index (χ1n) is 8.17. The molecule has 0 fully saturated rings. The van der Waals surface area contributed by atoms with Gasteiger partial charge < -0.3 is 10.1 Å². The van der Waals surface area contributed by atoms with Crippen LogP contribution in [0.15, 0.2) is 54.6 Å². The van der Waals surface area contributed by atoms with Crippen molar-refractivity contribution in [2.24, 2.45) is 0 Å². The van der Waals surface area contributed by atoms with Crippen LogP contribution in [0.1, 0.15) is 15.9 Å². The normalized spacial score (nSPS) is 10.4. The molecule has 1 amide bonds. The number of hydrogen-bond donors (Lipinski definition) is 1. The van der Waals surface area contributed by atoms with E-state index >= 15 is 0 Å². The SMILES string of the molecule is Cc1ccc(F)c(-c2cc(F)c(NC(=O)c3ccccc3OC=O)c(F)c2)c1. The van der Waals surface area contributed by atoms with Crippen molar-refractivity contribution in [1.82, 2.24) is 0 Å². The zero-order valence-electron chi connectivity index (χ0n) is 14.6. The Morgan fingerprint density at radius 3 is 2.32 bits per heavy atom. The second kappa shape index (κ2) is 7.96. The van der Waals surface area contributed by atoms with Gasteiger partial charge in [-0.15, -0.1) is 0 Å². The highest BCUT2D eigenvalue weighted by molar-refractivity contribution is 6.06. The first-order valence-corrected chi connectivity index (χ1v) is 8.17. The van der Waals surface area contributed by atoms with Crippen LogP contribution in [0, 0.1) is 24.4 Å². The molecule has 7 heteroatoms. The Morgan fingerprint density at radius 1 is 0.964 bits per heavy atom. The Balaban J connectivity index is 1.95. The van der Waals surface area contributed by atoms with Gasteiger partial charge in [0.05, 0.1) is 5.56 Å². The molecule has 4 nitrogen and oxygen atoms in total. The lowest BCUT2D eigenvalue weighted by atomic mass is 10.0. The van der Waals surface area contributed by atoms with Crippen LogP contribution in [-0.2, 0) is 4.79 Å². The molecule has 0 spiro atoms. The summed E-state index contributed by atoms with van der Waals surface area (Å²) >= 11 is 0. The van der Waals surface area contributed by atoms with E-state index in [1.165, 1.54) is 36.4 Å². The molecule has 3 aromatic rings. The molecule has 1 N–H and O–H groups in total. The lowest BCUT2D eigenvalue weighted by molar-refractivity contribution is -0.120. The van der Waals surface area contributed by atoms with Gasteiger partial charge in [-0.05, 0) is 48.9 Å². The standard InChI is InChI=1S/C21H14F3NO3/c1-12-6-7-16(22)15(8-12)13-9-17(23)20(18(24)10-13)25-21(27)14-4-2-3-5-19(14)28-11-26/h2-11H,1H3,(H,25,27). The van der Waals surface area contributed by atoms with E-state index < -0.39 is 29.0 Å². The Hall–Kier alpha value is -3.61. The zero-order valence-corrected chi connectivity index (χ0v) is 14.6. The molecule has 3 rings (SSSR count). The van der Waals surface area contributed by atoms with Crippen molar-refractivity contribution in [3.8, 4) is 16.9 Å². The Kier molecular flexibility index (Phi) is 5.44. The van der Waals surface area contributed by atoms with Gasteiger partial charge in [-0.25, -0.2) is 13.2 Å². The van der Waals surface area contributed by atoms with Crippen molar-refractivity contribution < 1.29 is 27.5 Å². The number of halogens is 3. The van der Waals surface area contributed by atoms with E-state index in [-0.39, 0.29) is 28.9 Å². The minimum Gasteiger partial charge on any atom is -0.428 e. The molecule has 0 aliphatic rings. The van der Waals surface area contributed by atoms with Crippen molar-refractivity contribution in [3.63, 3.8) is 0 Å². The second-order valence-electron chi connectivity index (χ2n) is 5.96. The van der Waals surface area contributed by atoms with E-state index in [0.29, 0.717) is 0 Å². The molecule has 0 radical (unpaired) electrons. The van der Waals surface area contributed by atoms with Crippen LogP contribution in [0.3, 0.4) is 0 Å². The highest BCUT2D eigenvalue weighted by Crippen LogP contribution is 2.30. The first kappa shape index (κ1) is 19.2. The number of nitrogens with one attached hydrogen (secondary N) is 1. The van der Waals surface area contributed by atoms with E-state index in [1.54, 1.807) is 13.0 Å². The quantitative estimate of drug-likeness (QED) is 0.638. The first-order chi connectivity index (χ1) is 13.4. The summed E-state index contributed by atoms with van der Waals surface area (Å²) in [7, 11) is 0. The highest BCUT2D eigenvalue weighted by Gasteiger charge is 2.19. The van der Waals surface area contributed by atoms with E-state index in [2.05, 4.69) is 10.1 Å². The summed E-state index contributed by atoms with van der Waals surface area (Å²) in [6, 6.07) is 11.8. The lowest BCUT2D eigenvalue weighted by Crippen LogP contribution is -2.15. The average molecular weight is 385 g/mol. The van der Waals surface area contributed by atoms with Crippen molar-refractivity contribution in [1.29, 1.82) is 0 Å². The Morgan fingerprint density at radius 2 is 1.64 bits per heavy atom. The predicted octanol–water partition coefficient (Wildman–Crippen LogP) is 4.87. The Labute approximate surface area is 158 Å². The van der Waals surface area contributed by atoms with Gasteiger partial charge in [0.15, 0.2) is 0 Å². The Bertz CT molecular complexity index is 1040. The van der Waals surface area contributed by atoms with Crippen LogP contribution >= 0.6 is 0 Å². The van der Waals surface area contributed by atoms with E-state index in [9.17, 15) is 22.8 Å². The van der Waals surface area contributed by atoms with Crippen LogP contribution in [0.4, 0.5) is 18.9 Å². The maximum atomic E-state index is 14.5. The zero-order chi connectivity index (χ0) is 20.3. The maximum absolute atomic E-state index is 14.5. The molecule has 0 unspecified atom stereocenters. The fraction of sp³-hybridized carbons (Fsp3) is 0.0476. The maximum Gasteiger partial charge on any atom is 0.298 e. The second-order valence-corrected chi connectivity index (χ2v) is 5.96. The fourth-order valence-corrected chi connectivity index (χ4v) is 2.70. The number of ether oxygens (including phenoxy) is 1. The fourth-order valence-electron chi connectivity index (χ4n) is 2.70. The summed E-state index contributed by atoms with van der Waals surface area (Å²) < 4.78 is 47.7.